The fourth-order valence-electron chi connectivity index (χ4n) is 3.23. The van der Waals surface area contributed by atoms with Crippen LogP contribution >= 0.6 is 0 Å². The third-order valence-corrected chi connectivity index (χ3v) is 4.83. The first-order valence-corrected chi connectivity index (χ1v) is 9.96. The molecule has 1 fully saturated rings. The van der Waals surface area contributed by atoms with E-state index in [1.807, 2.05) is 13.8 Å². The van der Waals surface area contributed by atoms with Crippen molar-refractivity contribution in [2.24, 2.45) is 0 Å². The Morgan fingerprint density at radius 2 is 1.32 bits per heavy atom. The standard InChI is InChI=1S/C22H24F2N4O3/c1-14(2)25-22(31)26-17-6-3-15(4-7-17)20(29)27-9-11-28(12-10-27)21(30)16-5-8-18(23)19(24)13-16/h3-8,13-14H,9-12H2,1-2H3,(H2,25,26,31). The summed E-state index contributed by atoms with van der Waals surface area (Å²) in [5, 5.41) is 5.41. The molecule has 0 unspecified atom stereocenters. The van der Waals surface area contributed by atoms with E-state index in [4.69, 9.17) is 0 Å². The van der Waals surface area contributed by atoms with Gasteiger partial charge in [0.1, 0.15) is 0 Å². The van der Waals surface area contributed by atoms with E-state index in [0.717, 1.165) is 12.1 Å². The minimum absolute atomic E-state index is 0.00785. The lowest BCUT2D eigenvalue weighted by molar-refractivity contribution is 0.0535. The third-order valence-electron chi connectivity index (χ3n) is 4.83. The lowest BCUT2D eigenvalue weighted by atomic mass is 10.1. The van der Waals surface area contributed by atoms with Crippen molar-refractivity contribution in [1.82, 2.24) is 15.1 Å². The van der Waals surface area contributed by atoms with Gasteiger partial charge in [0.25, 0.3) is 11.8 Å². The van der Waals surface area contributed by atoms with Gasteiger partial charge in [-0.3, -0.25) is 9.59 Å². The molecule has 2 aromatic carbocycles. The van der Waals surface area contributed by atoms with Crippen molar-refractivity contribution in [3.05, 3.63) is 65.2 Å². The molecule has 0 atom stereocenters. The molecule has 164 valence electrons. The Balaban J connectivity index is 1.55. The second-order valence-electron chi connectivity index (χ2n) is 7.54. The number of nitrogens with zero attached hydrogens (tertiary/aromatic N) is 2. The SMILES string of the molecule is CC(C)NC(=O)Nc1ccc(C(=O)N2CCN(C(=O)c3ccc(F)c(F)c3)CC2)cc1. The maximum Gasteiger partial charge on any atom is 0.319 e. The van der Waals surface area contributed by atoms with Crippen molar-refractivity contribution in [2.45, 2.75) is 19.9 Å². The van der Waals surface area contributed by atoms with E-state index < -0.39 is 17.5 Å². The van der Waals surface area contributed by atoms with Crippen LogP contribution in [0, 0.1) is 11.6 Å². The number of nitrogens with one attached hydrogen (secondary N) is 2. The van der Waals surface area contributed by atoms with Crippen molar-refractivity contribution in [2.75, 3.05) is 31.5 Å². The molecule has 2 N–H and O–H groups in total. The summed E-state index contributed by atoms with van der Waals surface area (Å²) in [5.41, 5.74) is 1.11. The normalized spacial score (nSPS) is 13.8. The number of hydrogen-bond donors (Lipinski definition) is 2. The van der Waals surface area contributed by atoms with Gasteiger partial charge in [-0.25, -0.2) is 13.6 Å². The highest BCUT2D eigenvalue weighted by Crippen LogP contribution is 2.16. The highest BCUT2D eigenvalue weighted by atomic mass is 19.2. The molecule has 9 heteroatoms. The van der Waals surface area contributed by atoms with Crippen molar-refractivity contribution in [3.8, 4) is 0 Å². The highest BCUT2D eigenvalue weighted by molar-refractivity contribution is 5.96. The summed E-state index contributed by atoms with van der Waals surface area (Å²) in [6.07, 6.45) is 0. The molecule has 1 aliphatic rings. The Kier molecular flexibility index (Phi) is 6.84. The predicted octanol–water partition coefficient (Wildman–Crippen LogP) is 3.09. The summed E-state index contributed by atoms with van der Waals surface area (Å²) >= 11 is 0. The number of benzene rings is 2. The number of hydrogen-bond acceptors (Lipinski definition) is 3. The number of amides is 4. The van der Waals surface area contributed by atoms with Gasteiger partial charge in [0.2, 0.25) is 0 Å². The van der Waals surface area contributed by atoms with Gasteiger partial charge in [0.05, 0.1) is 0 Å². The molecule has 1 heterocycles. The van der Waals surface area contributed by atoms with E-state index in [9.17, 15) is 23.2 Å². The zero-order valence-electron chi connectivity index (χ0n) is 17.3. The first-order valence-electron chi connectivity index (χ1n) is 9.96. The predicted molar refractivity (Wildman–Crippen MR) is 112 cm³/mol. The molecule has 0 spiro atoms. The first kappa shape index (κ1) is 22.2. The zero-order valence-corrected chi connectivity index (χ0v) is 17.3. The first-order chi connectivity index (χ1) is 14.7. The van der Waals surface area contributed by atoms with Crippen LogP contribution < -0.4 is 10.6 Å². The van der Waals surface area contributed by atoms with Crippen molar-refractivity contribution < 1.29 is 23.2 Å². The summed E-state index contributed by atoms with van der Waals surface area (Å²) in [5.74, 6) is -2.66. The van der Waals surface area contributed by atoms with Crippen LogP contribution in [0.2, 0.25) is 0 Å². The third kappa shape index (κ3) is 5.56. The second kappa shape index (κ2) is 9.55. The number of piperazine rings is 1. The number of halogens is 2. The Morgan fingerprint density at radius 3 is 1.84 bits per heavy atom. The van der Waals surface area contributed by atoms with Crippen LogP contribution in [-0.2, 0) is 0 Å². The minimum atomic E-state index is -1.07. The number of rotatable bonds is 4. The topological polar surface area (TPSA) is 81.8 Å². The molecule has 1 saturated heterocycles. The molecule has 0 aromatic heterocycles. The molecular formula is C22H24F2N4O3. The lowest BCUT2D eigenvalue weighted by Gasteiger charge is -2.35. The molecule has 0 saturated carbocycles. The van der Waals surface area contributed by atoms with E-state index in [-0.39, 0.29) is 23.5 Å². The van der Waals surface area contributed by atoms with E-state index in [2.05, 4.69) is 10.6 Å². The molecule has 0 aliphatic carbocycles. The number of urea groups is 1. The summed E-state index contributed by atoms with van der Waals surface area (Å²) < 4.78 is 26.5. The summed E-state index contributed by atoms with van der Waals surface area (Å²) in [6.45, 7) is 4.94. The summed E-state index contributed by atoms with van der Waals surface area (Å²) in [6, 6.07) is 9.29. The average Bonchev–Trinajstić information content (AvgIpc) is 2.75. The van der Waals surface area contributed by atoms with E-state index in [1.165, 1.54) is 11.0 Å². The van der Waals surface area contributed by atoms with Crippen LogP contribution in [0.25, 0.3) is 0 Å². The van der Waals surface area contributed by atoms with Gasteiger partial charge in [-0.05, 0) is 56.3 Å². The molecule has 3 rings (SSSR count). The van der Waals surface area contributed by atoms with Crippen molar-refractivity contribution in [1.29, 1.82) is 0 Å². The van der Waals surface area contributed by atoms with E-state index in [0.29, 0.717) is 37.4 Å². The Labute approximate surface area is 179 Å². The van der Waals surface area contributed by atoms with Gasteiger partial charge in [0, 0.05) is 49.0 Å². The smallest absolute Gasteiger partial charge is 0.319 e. The van der Waals surface area contributed by atoms with Crippen LogP contribution in [0.3, 0.4) is 0 Å². The van der Waals surface area contributed by atoms with Crippen LogP contribution in [0.5, 0.6) is 0 Å². The van der Waals surface area contributed by atoms with Crippen molar-refractivity contribution in [3.63, 3.8) is 0 Å². The molecular weight excluding hydrogens is 406 g/mol. The molecule has 0 radical (unpaired) electrons. The Morgan fingerprint density at radius 1 is 0.806 bits per heavy atom. The molecule has 31 heavy (non-hydrogen) atoms. The van der Waals surface area contributed by atoms with Crippen molar-refractivity contribution >= 4 is 23.5 Å². The van der Waals surface area contributed by atoms with Gasteiger partial charge >= 0.3 is 6.03 Å². The fourth-order valence-corrected chi connectivity index (χ4v) is 3.23. The van der Waals surface area contributed by atoms with E-state index >= 15 is 0 Å². The van der Waals surface area contributed by atoms with Gasteiger partial charge in [-0.2, -0.15) is 0 Å². The fraction of sp³-hybridized carbons (Fsp3) is 0.318. The minimum Gasteiger partial charge on any atom is -0.336 e. The molecule has 4 amide bonds. The second-order valence-corrected chi connectivity index (χ2v) is 7.54. The van der Waals surface area contributed by atoms with Crippen LogP contribution in [0.4, 0.5) is 19.3 Å². The van der Waals surface area contributed by atoms with Gasteiger partial charge in [0.15, 0.2) is 11.6 Å². The zero-order chi connectivity index (χ0) is 22.5. The molecule has 7 nitrogen and oxygen atoms in total. The lowest BCUT2D eigenvalue weighted by Crippen LogP contribution is -2.50. The Hall–Kier alpha value is -3.49. The van der Waals surface area contributed by atoms with Crippen LogP contribution in [0.1, 0.15) is 34.6 Å². The largest absolute Gasteiger partial charge is 0.336 e. The molecule has 0 bridgehead atoms. The quantitative estimate of drug-likeness (QED) is 0.782. The van der Waals surface area contributed by atoms with Crippen LogP contribution in [-0.4, -0.2) is 59.9 Å². The number of carbonyl (C=O) groups is 3. The maximum absolute atomic E-state index is 13.4. The van der Waals surface area contributed by atoms with E-state index in [1.54, 1.807) is 29.2 Å². The number of anilines is 1. The molecule has 1 aliphatic heterocycles. The monoisotopic (exact) mass is 430 g/mol. The van der Waals surface area contributed by atoms with Gasteiger partial charge in [-0.15, -0.1) is 0 Å². The van der Waals surface area contributed by atoms with Gasteiger partial charge in [-0.1, -0.05) is 0 Å². The van der Waals surface area contributed by atoms with Gasteiger partial charge < -0.3 is 20.4 Å². The summed E-state index contributed by atoms with van der Waals surface area (Å²) in [4.78, 5) is 40.1. The number of carbonyl (C=O) groups excluding carboxylic acids is 3. The highest BCUT2D eigenvalue weighted by Gasteiger charge is 2.26. The molecule has 2 aromatic rings. The average molecular weight is 430 g/mol. The summed E-state index contributed by atoms with van der Waals surface area (Å²) in [7, 11) is 0. The maximum atomic E-state index is 13.4. The van der Waals surface area contributed by atoms with Crippen LogP contribution in [0.15, 0.2) is 42.5 Å². The Bertz CT molecular complexity index is 971.